The van der Waals surface area contributed by atoms with E-state index in [4.69, 9.17) is 0 Å². The molecule has 0 spiro atoms. The predicted molar refractivity (Wildman–Crippen MR) is 92.3 cm³/mol. The van der Waals surface area contributed by atoms with Crippen LogP contribution >= 0.6 is 0 Å². The zero-order valence-corrected chi connectivity index (χ0v) is 12.9. The molecule has 1 atom stereocenters. The maximum absolute atomic E-state index is 12.1. The van der Waals surface area contributed by atoms with Gasteiger partial charge in [0.2, 0.25) is 0 Å². The fourth-order valence-electron chi connectivity index (χ4n) is 3.25. The third-order valence-electron chi connectivity index (χ3n) is 4.40. The van der Waals surface area contributed by atoms with Crippen molar-refractivity contribution in [2.45, 2.75) is 32.1 Å². The highest BCUT2D eigenvalue weighted by molar-refractivity contribution is 5.87. The first kappa shape index (κ1) is 14.8. The zero-order chi connectivity index (χ0) is 15.2. The van der Waals surface area contributed by atoms with Gasteiger partial charge in [-0.2, -0.15) is 0 Å². The normalized spacial score (nSPS) is 19.7. The Morgan fingerprint density at radius 3 is 2.32 bits per heavy atom. The lowest BCUT2D eigenvalue weighted by Crippen LogP contribution is -2.07. The lowest BCUT2D eigenvalue weighted by molar-refractivity contribution is -0.119. The Labute approximate surface area is 132 Å². The smallest absolute Gasteiger partial charge is 0.133 e. The van der Waals surface area contributed by atoms with Gasteiger partial charge in [0.1, 0.15) is 5.78 Å². The molecular formula is C21H22O. The van der Waals surface area contributed by atoms with E-state index in [1.54, 1.807) is 0 Å². The first-order chi connectivity index (χ1) is 10.8. The third-order valence-corrected chi connectivity index (χ3v) is 4.40. The van der Waals surface area contributed by atoms with E-state index in [2.05, 4.69) is 54.6 Å². The molecule has 0 aromatic heterocycles. The molecule has 1 aliphatic rings. The second-order valence-corrected chi connectivity index (χ2v) is 6.06. The second kappa shape index (κ2) is 7.22. The van der Waals surface area contributed by atoms with Crippen LogP contribution in [0.1, 0.15) is 43.2 Å². The summed E-state index contributed by atoms with van der Waals surface area (Å²) in [7, 11) is 0. The van der Waals surface area contributed by atoms with Crippen molar-refractivity contribution in [1.82, 2.24) is 0 Å². The first-order valence-electron chi connectivity index (χ1n) is 8.17. The van der Waals surface area contributed by atoms with E-state index in [0.29, 0.717) is 18.1 Å². The molecule has 1 unspecified atom stereocenters. The van der Waals surface area contributed by atoms with E-state index < -0.39 is 0 Å². The summed E-state index contributed by atoms with van der Waals surface area (Å²) in [6.45, 7) is 0. The van der Waals surface area contributed by atoms with Crippen LogP contribution in [-0.2, 0) is 4.79 Å². The van der Waals surface area contributed by atoms with Gasteiger partial charge in [0.25, 0.3) is 0 Å². The van der Waals surface area contributed by atoms with E-state index in [9.17, 15) is 4.79 Å². The summed E-state index contributed by atoms with van der Waals surface area (Å²) < 4.78 is 0. The fraction of sp³-hybridized carbons (Fsp3) is 0.286. The number of benzene rings is 2. The number of hydrogen-bond donors (Lipinski definition) is 0. The highest BCUT2D eigenvalue weighted by Crippen LogP contribution is 2.34. The molecule has 1 saturated carbocycles. The van der Waals surface area contributed by atoms with Crippen LogP contribution < -0.4 is 0 Å². The highest BCUT2D eigenvalue weighted by atomic mass is 16.1. The highest BCUT2D eigenvalue weighted by Gasteiger charge is 2.22. The lowest BCUT2D eigenvalue weighted by Gasteiger charge is -2.19. The van der Waals surface area contributed by atoms with Crippen molar-refractivity contribution in [2.75, 3.05) is 0 Å². The van der Waals surface area contributed by atoms with Gasteiger partial charge < -0.3 is 0 Å². The van der Waals surface area contributed by atoms with Crippen molar-refractivity contribution in [1.29, 1.82) is 0 Å². The van der Waals surface area contributed by atoms with Gasteiger partial charge in [0.05, 0.1) is 0 Å². The Morgan fingerprint density at radius 1 is 0.909 bits per heavy atom. The maximum atomic E-state index is 12.1. The van der Waals surface area contributed by atoms with Crippen molar-refractivity contribution in [3.8, 4) is 0 Å². The minimum atomic E-state index is 0.345. The third kappa shape index (κ3) is 3.73. The average molecular weight is 290 g/mol. The van der Waals surface area contributed by atoms with Crippen molar-refractivity contribution in [3.05, 3.63) is 71.8 Å². The minimum Gasteiger partial charge on any atom is -0.300 e. The summed E-state index contributed by atoms with van der Waals surface area (Å²) >= 11 is 0. The quantitative estimate of drug-likeness (QED) is 0.548. The van der Waals surface area contributed by atoms with E-state index >= 15 is 0 Å². The average Bonchev–Trinajstić information content (AvgIpc) is 2.79. The van der Waals surface area contributed by atoms with Crippen LogP contribution in [0.15, 0.2) is 60.7 Å². The summed E-state index contributed by atoms with van der Waals surface area (Å²) in [6.07, 6.45) is 7.01. The van der Waals surface area contributed by atoms with Crippen LogP contribution in [-0.4, -0.2) is 5.78 Å². The summed E-state index contributed by atoms with van der Waals surface area (Å²) in [5.74, 6) is 0.759. The van der Waals surface area contributed by atoms with Crippen molar-refractivity contribution in [3.63, 3.8) is 0 Å². The van der Waals surface area contributed by atoms with Crippen LogP contribution in [0.2, 0.25) is 0 Å². The Bertz CT molecular complexity index is 640. The molecule has 0 saturated heterocycles. The standard InChI is InChI=1S/C21H22O/c22-20-14-8-7-13-19(16-20)21(18-11-5-2-6-12-18)15-17-9-3-1-4-10-17/h1-6,9-12,15,19H,7-8,13-14,16H2/b21-15+. The summed E-state index contributed by atoms with van der Waals surface area (Å²) in [6, 6.07) is 20.9. The van der Waals surface area contributed by atoms with Crippen LogP contribution in [0.25, 0.3) is 11.6 Å². The molecule has 1 heteroatoms. The van der Waals surface area contributed by atoms with Crippen LogP contribution in [0.3, 0.4) is 0 Å². The zero-order valence-electron chi connectivity index (χ0n) is 12.9. The molecule has 2 aromatic carbocycles. The van der Waals surface area contributed by atoms with Gasteiger partial charge in [0, 0.05) is 12.8 Å². The Kier molecular flexibility index (Phi) is 4.85. The molecule has 1 nitrogen and oxygen atoms in total. The topological polar surface area (TPSA) is 17.1 Å². The SMILES string of the molecule is O=C1CCCCC(/C(=C/c2ccccc2)c2ccccc2)C1. The van der Waals surface area contributed by atoms with E-state index in [0.717, 1.165) is 25.7 Å². The number of hydrogen-bond acceptors (Lipinski definition) is 1. The molecule has 0 heterocycles. The second-order valence-electron chi connectivity index (χ2n) is 6.06. The number of Topliss-reactive ketones (excluding diaryl/α,β-unsaturated/α-hetero) is 1. The first-order valence-corrected chi connectivity index (χ1v) is 8.17. The van der Waals surface area contributed by atoms with E-state index in [1.165, 1.54) is 16.7 Å². The maximum Gasteiger partial charge on any atom is 0.133 e. The molecule has 0 amide bonds. The van der Waals surface area contributed by atoms with E-state index in [1.807, 2.05) is 12.1 Å². The largest absolute Gasteiger partial charge is 0.300 e. The van der Waals surface area contributed by atoms with Gasteiger partial charge in [-0.1, -0.05) is 73.2 Å². The molecule has 2 aromatic rings. The summed E-state index contributed by atoms with van der Waals surface area (Å²) in [5.41, 5.74) is 3.76. The van der Waals surface area contributed by atoms with Gasteiger partial charge in [-0.15, -0.1) is 0 Å². The van der Waals surface area contributed by atoms with Crippen LogP contribution in [0.5, 0.6) is 0 Å². The predicted octanol–water partition coefficient (Wildman–Crippen LogP) is 5.38. The van der Waals surface area contributed by atoms with Crippen LogP contribution in [0.4, 0.5) is 0 Å². The van der Waals surface area contributed by atoms with Crippen molar-refractivity contribution >= 4 is 17.4 Å². The Balaban J connectivity index is 1.99. The molecule has 3 rings (SSSR count). The molecule has 112 valence electrons. The molecule has 0 N–H and O–H groups in total. The van der Waals surface area contributed by atoms with Gasteiger partial charge in [-0.05, 0) is 35.5 Å². The molecular weight excluding hydrogens is 268 g/mol. The lowest BCUT2D eigenvalue weighted by atomic mass is 9.85. The van der Waals surface area contributed by atoms with Gasteiger partial charge in [0.15, 0.2) is 0 Å². The van der Waals surface area contributed by atoms with Crippen molar-refractivity contribution < 1.29 is 4.79 Å². The molecule has 1 fully saturated rings. The van der Waals surface area contributed by atoms with Crippen molar-refractivity contribution in [2.24, 2.45) is 5.92 Å². The Hall–Kier alpha value is -2.15. The van der Waals surface area contributed by atoms with Gasteiger partial charge >= 0.3 is 0 Å². The molecule has 22 heavy (non-hydrogen) atoms. The number of ketones is 1. The fourth-order valence-corrected chi connectivity index (χ4v) is 3.25. The molecule has 0 aliphatic heterocycles. The summed E-state index contributed by atoms with van der Waals surface area (Å²) in [5, 5.41) is 0. The molecule has 1 aliphatic carbocycles. The monoisotopic (exact) mass is 290 g/mol. The molecule has 0 radical (unpaired) electrons. The van der Waals surface area contributed by atoms with Gasteiger partial charge in [-0.25, -0.2) is 0 Å². The number of carbonyl (C=O) groups is 1. The number of allylic oxidation sites excluding steroid dienone is 1. The minimum absolute atomic E-state index is 0.345. The number of carbonyl (C=O) groups excluding carboxylic acids is 1. The Morgan fingerprint density at radius 2 is 1.59 bits per heavy atom. The number of rotatable bonds is 3. The molecule has 0 bridgehead atoms. The van der Waals surface area contributed by atoms with Gasteiger partial charge in [-0.3, -0.25) is 4.79 Å². The van der Waals surface area contributed by atoms with Crippen LogP contribution in [0, 0.1) is 5.92 Å². The summed E-state index contributed by atoms with van der Waals surface area (Å²) in [4.78, 5) is 12.1. The van der Waals surface area contributed by atoms with E-state index in [-0.39, 0.29) is 0 Å².